The molecule has 0 fully saturated rings. The van der Waals surface area contributed by atoms with Crippen LogP contribution in [-0.4, -0.2) is 9.91 Å². The number of aromatic amines is 1. The molecule has 0 bridgehead atoms. The van der Waals surface area contributed by atoms with E-state index in [9.17, 15) is 14.9 Å². The average molecular weight is 336 g/mol. The number of nitro groups is 1. The summed E-state index contributed by atoms with van der Waals surface area (Å²) in [4.78, 5) is 24.9. The van der Waals surface area contributed by atoms with Crippen LogP contribution in [0.25, 0.3) is 10.9 Å². The molecule has 1 aromatic carbocycles. The van der Waals surface area contributed by atoms with Crippen molar-refractivity contribution in [2.75, 3.05) is 0 Å². The molecule has 1 heterocycles. The lowest BCUT2D eigenvalue weighted by atomic mass is 10.1. The Morgan fingerprint density at radius 1 is 1.45 bits per heavy atom. The highest BCUT2D eigenvalue weighted by molar-refractivity contribution is 9.10. The van der Waals surface area contributed by atoms with Crippen molar-refractivity contribution >= 4 is 32.5 Å². The molecule has 2 rings (SSSR count). The molecular weight excluding hydrogens is 326 g/mol. The standard InChI is InChI=1S/C13H10BrN3O3/c14-10-6-11-9(5-8(10)3-1-2-4-15)13(18)12(7-16-11)17(19)20/h5-7H,1-3H2,(H,16,18). The van der Waals surface area contributed by atoms with Crippen LogP contribution in [0.4, 0.5) is 5.69 Å². The molecule has 0 saturated carbocycles. The Balaban J connectivity index is 2.55. The van der Waals surface area contributed by atoms with Crippen molar-refractivity contribution in [3.63, 3.8) is 0 Å². The van der Waals surface area contributed by atoms with E-state index in [1.165, 1.54) is 0 Å². The van der Waals surface area contributed by atoms with Gasteiger partial charge in [-0.3, -0.25) is 14.9 Å². The monoisotopic (exact) mass is 335 g/mol. The van der Waals surface area contributed by atoms with Gasteiger partial charge in [-0.05, 0) is 30.5 Å². The third-order valence-corrected chi connectivity index (χ3v) is 3.70. The van der Waals surface area contributed by atoms with Gasteiger partial charge >= 0.3 is 5.69 Å². The zero-order valence-corrected chi connectivity index (χ0v) is 11.9. The second-order valence-electron chi connectivity index (χ2n) is 4.26. The highest BCUT2D eigenvalue weighted by Crippen LogP contribution is 2.24. The number of nitriles is 1. The minimum atomic E-state index is -0.699. The molecule has 0 saturated heterocycles. The van der Waals surface area contributed by atoms with E-state index in [1.54, 1.807) is 12.1 Å². The van der Waals surface area contributed by atoms with Gasteiger partial charge in [0.25, 0.3) is 5.43 Å². The average Bonchev–Trinajstić information content (AvgIpc) is 2.40. The summed E-state index contributed by atoms with van der Waals surface area (Å²) in [5, 5.41) is 19.6. The number of hydrogen-bond acceptors (Lipinski definition) is 4. The molecule has 0 aliphatic carbocycles. The predicted molar refractivity (Wildman–Crippen MR) is 77.5 cm³/mol. The minimum absolute atomic E-state index is 0.286. The minimum Gasteiger partial charge on any atom is -0.355 e. The zero-order chi connectivity index (χ0) is 14.7. The van der Waals surface area contributed by atoms with Crippen molar-refractivity contribution in [1.29, 1.82) is 5.26 Å². The fourth-order valence-corrected chi connectivity index (χ4v) is 2.50. The van der Waals surface area contributed by atoms with Crippen molar-refractivity contribution in [2.24, 2.45) is 0 Å². The van der Waals surface area contributed by atoms with Crippen LogP contribution in [0.1, 0.15) is 18.4 Å². The van der Waals surface area contributed by atoms with Gasteiger partial charge in [0.2, 0.25) is 0 Å². The largest absolute Gasteiger partial charge is 0.355 e. The first-order valence-corrected chi connectivity index (χ1v) is 6.69. The van der Waals surface area contributed by atoms with Crippen molar-refractivity contribution in [3.05, 3.63) is 48.7 Å². The van der Waals surface area contributed by atoms with Gasteiger partial charge in [0.15, 0.2) is 0 Å². The Kier molecular flexibility index (Phi) is 4.15. The molecule has 0 aliphatic heterocycles. The van der Waals surface area contributed by atoms with Gasteiger partial charge in [-0.1, -0.05) is 15.9 Å². The van der Waals surface area contributed by atoms with E-state index >= 15 is 0 Å². The van der Waals surface area contributed by atoms with Gasteiger partial charge in [-0.25, -0.2) is 0 Å². The third-order valence-electron chi connectivity index (χ3n) is 2.96. The molecular formula is C13H10BrN3O3. The first-order valence-electron chi connectivity index (χ1n) is 5.89. The third kappa shape index (κ3) is 2.70. The summed E-state index contributed by atoms with van der Waals surface area (Å²) in [6.07, 6.45) is 2.84. The van der Waals surface area contributed by atoms with Crippen LogP contribution in [0, 0.1) is 21.4 Å². The van der Waals surface area contributed by atoms with Crippen molar-refractivity contribution in [3.8, 4) is 6.07 Å². The van der Waals surface area contributed by atoms with E-state index in [2.05, 4.69) is 27.0 Å². The SMILES string of the molecule is N#CCCCc1cc2c(=O)c([N+](=O)[O-])c[nH]c2cc1Br. The lowest BCUT2D eigenvalue weighted by Gasteiger charge is -2.06. The number of aryl methyl sites for hydroxylation is 1. The normalized spacial score (nSPS) is 10.4. The molecule has 0 amide bonds. The Morgan fingerprint density at radius 2 is 2.20 bits per heavy atom. The lowest BCUT2D eigenvalue weighted by molar-refractivity contribution is -0.386. The Bertz CT molecular complexity index is 777. The van der Waals surface area contributed by atoms with Crippen LogP contribution < -0.4 is 5.43 Å². The summed E-state index contributed by atoms with van der Waals surface area (Å²) in [5.41, 5.74) is 0.329. The van der Waals surface area contributed by atoms with E-state index in [0.717, 1.165) is 16.2 Å². The molecule has 0 unspecified atom stereocenters. The number of aromatic nitrogens is 1. The number of benzene rings is 1. The molecule has 7 heteroatoms. The first kappa shape index (κ1) is 14.2. The highest BCUT2D eigenvalue weighted by atomic mass is 79.9. The number of nitrogens with one attached hydrogen (secondary N) is 1. The smallest absolute Gasteiger partial charge is 0.332 e. The van der Waals surface area contributed by atoms with Crippen LogP contribution in [-0.2, 0) is 6.42 Å². The number of nitrogens with zero attached hydrogens (tertiary/aromatic N) is 2. The molecule has 0 atom stereocenters. The topological polar surface area (TPSA) is 99.8 Å². The first-order chi connectivity index (χ1) is 9.54. The Hall–Kier alpha value is -2.20. The molecule has 2 aromatic rings. The van der Waals surface area contributed by atoms with Gasteiger partial charge in [-0.15, -0.1) is 0 Å². The second kappa shape index (κ2) is 5.84. The van der Waals surface area contributed by atoms with Crippen LogP contribution in [0.15, 0.2) is 27.6 Å². The lowest BCUT2D eigenvalue weighted by Crippen LogP contribution is -2.09. The number of fused-ring (bicyclic) bond motifs is 1. The molecule has 0 radical (unpaired) electrons. The van der Waals surface area contributed by atoms with E-state index < -0.39 is 16.0 Å². The number of hydrogen-bond donors (Lipinski definition) is 1. The number of H-pyrrole nitrogens is 1. The number of unbranched alkanes of at least 4 members (excludes halogenated alkanes) is 1. The number of pyridine rings is 1. The van der Waals surface area contributed by atoms with Crippen molar-refractivity contribution in [1.82, 2.24) is 4.98 Å². The van der Waals surface area contributed by atoms with Crippen LogP contribution in [0.2, 0.25) is 0 Å². The summed E-state index contributed by atoms with van der Waals surface area (Å²) in [6.45, 7) is 0. The summed E-state index contributed by atoms with van der Waals surface area (Å²) >= 11 is 3.40. The van der Waals surface area contributed by atoms with Crippen LogP contribution in [0.5, 0.6) is 0 Å². The van der Waals surface area contributed by atoms with Gasteiger partial charge < -0.3 is 4.98 Å². The molecule has 6 nitrogen and oxygen atoms in total. The quantitative estimate of drug-likeness (QED) is 0.527. The Morgan fingerprint density at radius 3 is 2.85 bits per heavy atom. The summed E-state index contributed by atoms with van der Waals surface area (Å²) in [6, 6.07) is 5.42. The molecule has 20 heavy (non-hydrogen) atoms. The molecule has 1 N–H and O–H groups in total. The second-order valence-corrected chi connectivity index (χ2v) is 5.12. The van der Waals surface area contributed by atoms with Gasteiger partial charge in [-0.2, -0.15) is 5.26 Å². The zero-order valence-electron chi connectivity index (χ0n) is 10.4. The maximum Gasteiger partial charge on any atom is 0.332 e. The van der Waals surface area contributed by atoms with Crippen molar-refractivity contribution in [2.45, 2.75) is 19.3 Å². The maximum absolute atomic E-state index is 12.0. The fourth-order valence-electron chi connectivity index (χ4n) is 1.96. The molecule has 0 spiro atoms. The molecule has 102 valence electrons. The van der Waals surface area contributed by atoms with Crippen LogP contribution in [0.3, 0.4) is 0 Å². The Labute approximate surface area is 122 Å². The summed E-state index contributed by atoms with van der Waals surface area (Å²) < 4.78 is 0.812. The van der Waals surface area contributed by atoms with E-state index in [-0.39, 0.29) is 5.39 Å². The summed E-state index contributed by atoms with van der Waals surface area (Å²) in [7, 11) is 0. The van der Waals surface area contributed by atoms with Gasteiger partial charge in [0, 0.05) is 10.9 Å². The molecule has 0 aliphatic rings. The maximum atomic E-state index is 12.0. The number of rotatable bonds is 4. The fraction of sp³-hybridized carbons (Fsp3) is 0.231. The van der Waals surface area contributed by atoms with E-state index in [1.807, 2.05) is 0 Å². The van der Waals surface area contributed by atoms with Crippen molar-refractivity contribution < 1.29 is 4.92 Å². The predicted octanol–water partition coefficient (Wildman–Crippen LogP) is 3.05. The van der Waals surface area contributed by atoms with E-state index in [0.29, 0.717) is 24.8 Å². The summed E-state index contributed by atoms with van der Waals surface area (Å²) in [5.74, 6) is 0. The van der Waals surface area contributed by atoms with E-state index in [4.69, 9.17) is 5.26 Å². The molecule has 1 aromatic heterocycles. The van der Waals surface area contributed by atoms with Crippen LogP contribution >= 0.6 is 15.9 Å². The number of halogens is 1. The van der Waals surface area contributed by atoms with Gasteiger partial charge in [0.1, 0.15) is 0 Å². The van der Waals surface area contributed by atoms with Gasteiger partial charge in [0.05, 0.1) is 28.1 Å². The highest BCUT2D eigenvalue weighted by Gasteiger charge is 2.15.